The van der Waals surface area contributed by atoms with Crippen LogP contribution < -0.4 is 0 Å². The number of imide groups is 1. The van der Waals surface area contributed by atoms with Gasteiger partial charge in [0.1, 0.15) is 12.0 Å². The van der Waals surface area contributed by atoms with Crippen molar-refractivity contribution in [1.82, 2.24) is 24.6 Å². The summed E-state index contributed by atoms with van der Waals surface area (Å²) in [7, 11) is -0.690. The minimum Gasteiger partial charge on any atom is -0.414 e. The summed E-state index contributed by atoms with van der Waals surface area (Å²) in [5, 5.41) is 3.94. The van der Waals surface area contributed by atoms with E-state index in [-0.39, 0.29) is 36.6 Å². The first-order valence-corrected chi connectivity index (χ1v) is 15.4. The van der Waals surface area contributed by atoms with Gasteiger partial charge >= 0.3 is 18.4 Å². The summed E-state index contributed by atoms with van der Waals surface area (Å²) >= 11 is 0. The molecule has 3 rings (SSSR count). The molecule has 1 fully saturated rings. The minimum absolute atomic E-state index is 0.000578. The first kappa shape index (κ1) is 32.3. The topological polar surface area (TPSA) is 89.8 Å². The van der Waals surface area contributed by atoms with Crippen LogP contribution in [0.4, 0.5) is 31.1 Å². The molecule has 0 saturated carbocycles. The number of halogens is 6. The van der Waals surface area contributed by atoms with Gasteiger partial charge in [0.25, 0.3) is 5.91 Å². The summed E-state index contributed by atoms with van der Waals surface area (Å²) < 4.78 is 92.0. The summed E-state index contributed by atoms with van der Waals surface area (Å²) in [6.45, 7) is 11.2. The van der Waals surface area contributed by atoms with E-state index in [2.05, 4.69) is 43.9 Å². The van der Waals surface area contributed by atoms with E-state index in [0.717, 1.165) is 27.0 Å². The maximum absolute atomic E-state index is 13.2. The number of aromatic nitrogens is 3. The molecule has 9 nitrogen and oxygen atoms in total. The van der Waals surface area contributed by atoms with Crippen LogP contribution in [-0.4, -0.2) is 78.2 Å². The molecule has 0 spiro atoms. The smallest absolute Gasteiger partial charge is 0.414 e. The lowest BCUT2D eigenvalue weighted by molar-refractivity contribution is -0.143. The molecule has 0 bridgehead atoms. The van der Waals surface area contributed by atoms with Gasteiger partial charge < -0.3 is 9.16 Å². The van der Waals surface area contributed by atoms with E-state index in [1.54, 1.807) is 0 Å². The van der Waals surface area contributed by atoms with Crippen molar-refractivity contribution in [3.8, 4) is 11.4 Å². The van der Waals surface area contributed by atoms with Crippen LogP contribution in [0.5, 0.6) is 0 Å². The molecule has 0 aliphatic carbocycles. The molecule has 0 unspecified atom stereocenters. The summed E-state index contributed by atoms with van der Waals surface area (Å²) in [6, 6.07) is 0.355. The van der Waals surface area contributed by atoms with E-state index in [9.17, 15) is 35.9 Å². The third kappa shape index (κ3) is 7.54. The number of hydrogen-bond donors (Lipinski definition) is 0. The molecular formula is C25H31F6N5O4Si. The average Bonchev–Trinajstić information content (AvgIpc) is 3.39. The summed E-state index contributed by atoms with van der Waals surface area (Å²) in [6.07, 6.45) is -7.97. The molecule has 41 heavy (non-hydrogen) atoms. The second-order valence-corrected chi connectivity index (χ2v) is 15.7. The Labute approximate surface area is 233 Å². The number of nitrogens with zero attached hydrogens (tertiary/aromatic N) is 5. The maximum atomic E-state index is 13.2. The van der Waals surface area contributed by atoms with Gasteiger partial charge in [-0.2, -0.15) is 26.3 Å². The highest BCUT2D eigenvalue weighted by Crippen LogP contribution is 2.38. The van der Waals surface area contributed by atoms with Crippen molar-refractivity contribution in [2.45, 2.75) is 51.3 Å². The largest absolute Gasteiger partial charge is 0.416 e. The number of amides is 3. The first-order chi connectivity index (χ1) is 18.7. The zero-order valence-electron chi connectivity index (χ0n) is 23.4. The SMILES string of the molecule is CN1C(=O)/C(=C/n2cnc(-c3cc(C(F)(F)F)cc(C(F)(F)F)c3)n2)N(CCOCCO[Si](C)(C)C(C)(C)C)C1=O. The molecule has 226 valence electrons. The van der Waals surface area contributed by atoms with Crippen molar-refractivity contribution in [2.24, 2.45) is 0 Å². The lowest BCUT2D eigenvalue weighted by Crippen LogP contribution is -2.41. The van der Waals surface area contributed by atoms with Crippen molar-refractivity contribution < 1.29 is 45.1 Å². The van der Waals surface area contributed by atoms with Gasteiger partial charge in [-0.3, -0.25) is 14.6 Å². The molecule has 0 atom stereocenters. The quantitative estimate of drug-likeness (QED) is 0.119. The predicted octanol–water partition coefficient (Wildman–Crippen LogP) is 5.71. The van der Waals surface area contributed by atoms with Gasteiger partial charge in [0.2, 0.25) is 0 Å². The highest BCUT2D eigenvalue weighted by Gasteiger charge is 2.40. The van der Waals surface area contributed by atoms with Crippen molar-refractivity contribution in [1.29, 1.82) is 0 Å². The number of carbonyl (C=O) groups excluding carboxylic acids is 2. The number of rotatable bonds is 9. The maximum Gasteiger partial charge on any atom is 0.416 e. The fourth-order valence-corrected chi connectivity index (χ4v) is 4.53. The highest BCUT2D eigenvalue weighted by atomic mass is 28.4. The molecule has 2 heterocycles. The standard InChI is InChI=1S/C25H31F6N5O4Si/c1-23(2,3)41(5,6)40-10-9-39-8-7-36-19(21(37)34(4)22(36)38)14-35-15-32-20(33-35)16-11-17(24(26,27)28)13-18(12-16)25(29,30)31/h11-15H,7-10H2,1-6H3/b19-14-. The molecule has 1 aromatic heterocycles. The summed E-state index contributed by atoms with van der Waals surface area (Å²) in [5.41, 5.74) is -3.69. The van der Waals surface area contributed by atoms with Crippen LogP contribution in [0, 0.1) is 0 Å². The van der Waals surface area contributed by atoms with Crippen molar-refractivity contribution >= 4 is 26.5 Å². The number of carbonyl (C=O) groups is 2. The number of urea groups is 1. The molecule has 2 aromatic rings. The zero-order chi connectivity index (χ0) is 31.0. The van der Waals surface area contributed by atoms with Gasteiger partial charge in [-0.25, -0.2) is 14.5 Å². The molecule has 1 aromatic carbocycles. The fraction of sp³-hybridized carbons (Fsp3) is 0.520. The van der Waals surface area contributed by atoms with Gasteiger partial charge in [0.05, 0.1) is 43.7 Å². The zero-order valence-corrected chi connectivity index (χ0v) is 24.4. The minimum atomic E-state index is -5.04. The molecule has 0 N–H and O–H groups in total. The van der Waals surface area contributed by atoms with Gasteiger partial charge in [-0.1, -0.05) is 20.8 Å². The Kier molecular flexibility index (Phi) is 9.10. The van der Waals surface area contributed by atoms with Gasteiger partial charge in [-0.15, -0.1) is 5.10 Å². The number of ether oxygens (including phenoxy) is 1. The van der Waals surface area contributed by atoms with E-state index in [0.29, 0.717) is 18.7 Å². The van der Waals surface area contributed by atoms with Crippen LogP contribution in [0.15, 0.2) is 30.2 Å². The third-order valence-corrected chi connectivity index (χ3v) is 11.4. The number of likely N-dealkylation sites (N-methyl/N-ethyl adjacent to an activating group) is 1. The molecule has 1 saturated heterocycles. The summed E-state index contributed by atoms with van der Waals surface area (Å²) in [5.74, 6) is -1.13. The molecule has 1 aliphatic rings. The van der Waals surface area contributed by atoms with E-state index < -0.39 is 55.1 Å². The number of benzene rings is 1. The molecule has 1 aliphatic heterocycles. The molecule has 16 heteroatoms. The predicted molar refractivity (Wildman–Crippen MR) is 139 cm³/mol. The van der Waals surface area contributed by atoms with Crippen molar-refractivity contribution in [3.63, 3.8) is 0 Å². The number of hydrogen-bond acceptors (Lipinski definition) is 6. The molecule has 3 amide bonds. The van der Waals surface area contributed by atoms with Crippen molar-refractivity contribution in [3.05, 3.63) is 41.4 Å². The Bertz CT molecular complexity index is 1280. The Morgan fingerprint density at radius 3 is 2.05 bits per heavy atom. The Hall–Kier alpha value is -3.24. The second-order valence-electron chi connectivity index (χ2n) is 10.9. The first-order valence-electron chi connectivity index (χ1n) is 12.5. The van der Waals surface area contributed by atoms with Crippen LogP contribution in [0.1, 0.15) is 31.9 Å². The highest BCUT2D eigenvalue weighted by molar-refractivity contribution is 6.74. The van der Waals surface area contributed by atoms with Gasteiger partial charge in [0, 0.05) is 12.6 Å². The van der Waals surface area contributed by atoms with Crippen LogP contribution in [-0.2, 0) is 26.3 Å². The van der Waals surface area contributed by atoms with E-state index in [1.807, 2.05) is 0 Å². The van der Waals surface area contributed by atoms with Crippen LogP contribution in [0.2, 0.25) is 18.1 Å². The fourth-order valence-electron chi connectivity index (χ4n) is 3.51. The Balaban J connectivity index is 1.76. The van der Waals surface area contributed by atoms with E-state index >= 15 is 0 Å². The van der Waals surface area contributed by atoms with Crippen molar-refractivity contribution in [2.75, 3.05) is 33.4 Å². The van der Waals surface area contributed by atoms with Crippen LogP contribution in [0.25, 0.3) is 17.6 Å². The lowest BCUT2D eigenvalue weighted by Gasteiger charge is -2.36. The normalized spacial score (nSPS) is 16.4. The Morgan fingerprint density at radius 1 is 0.927 bits per heavy atom. The molecule has 0 radical (unpaired) electrons. The Morgan fingerprint density at radius 2 is 1.51 bits per heavy atom. The van der Waals surface area contributed by atoms with Gasteiger partial charge in [-0.05, 0) is 36.3 Å². The third-order valence-electron chi connectivity index (χ3n) is 6.90. The monoisotopic (exact) mass is 607 g/mol. The summed E-state index contributed by atoms with van der Waals surface area (Å²) in [4.78, 5) is 31.1. The van der Waals surface area contributed by atoms with Crippen LogP contribution in [0.3, 0.4) is 0 Å². The van der Waals surface area contributed by atoms with E-state index in [1.165, 1.54) is 7.05 Å². The number of alkyl halides is 6. The van der Waals surface area contributed by atoms with E-state index in [4.69, 9.17) is 9.16 Å². The average molecular weight is 608 g/mol. The second kappa shape index (κ2) is 11.6. The van der Waals surface area contributed by atoms with Gasteiger partial charge in [0.15, 0.2) is 14.1 Å². The molecular weight excluding hydrogens is 576 g/mol. The lowest BCUT2D eigenvalue weighted by atomic mass is 10.0. The van der Waals surface area contributed by atoms with Crippen LogP contribution >= 0.6 is 0 Å².